The molecule has 2 rings (SSSR count). The molecule has 1 saturated carbocycles. The van der Waals surface area contributed by atoms with Gasteiger partial charge in [0, 0.05) is 5.33 Å². The largest absolute Gasteiger partial charge is 0.0921 e. The lowest BCUT2D eigenvalue weighted by Gasteiger charge is -2.30. The van der Waals surface area contributed by atoms with E-state index in [4.69, 9.17) is 0 Å². The molecule has 0 spiro atoms. The van der Waals surface area contributed by atoms with E-state index in [2.05, 4.69) is 47.1 Å². The minimum absolute atomic E-state index is 0.724. The van der Waals surface area contributed by atoms with E-state index in [1.165, 1.54) is 37.7 Å². The first kappa shape index (κ1) is 12.2. The van der Waals surface area contributed by atoms with Gasteiger partial charge in [-0.25, -0.2) is 0 Å². The van der Waals surface area contributed by atoms with Crippen LogP contribution in [0, 0.1) is 12.8 Å². The van der Waals surface area contributed by atoms with Crippen LogP contribution in [-0.4, -0.2) is 5.33 Å². The highest BCUT2D eigenvalue weighted by Gasteiger charge is 2.24. The first-order valence-electron chi connectivity index (χ1n) is 6.44. The summed E-state index contributed by atoms with van der Waals surface area (Å²) in [4.78, 5) is 0. The summed E-state index contributed by atoms with van der Waals surface area (Å²) in [6.07, 6.45) is 7.15. The Kier molecular flexibility index (Phi) is 4.45. The van der Waals surface area contributed by atoms with Crippen molar-refractivity contribution in [1.82, 2.24) is 0 Å². The van der Waals surface area contributed by atoms with Crippen LogP contribution in [0.5, 0.6) is 0 Å². The number of alkyl halides is 1. The summed E-state index contributed by atoms with van der Waals surface area (Å²) in [7, 11) is 0. The van der Waals surface area contributed by atoms with Crippen molar-refractivity contribution >= 4 is 15.9 Å². The Morgan fingerprint density at radius 3 is 2.50 bits per heavy atom. The normalized spacial score (nSPS) is 19.6. The van der Waals surface area contributed by atoms with Gasteiger partial charge >= 0.3 is 0 Å². The van der Waals surface area contributed by atoms with Gasteiger partial charge in [-0.2, -0.15) is 0 Å². The van der Waals surface area contributed by atoms with Crippen LogP contribution in [0.3, 0.4) is 0 Å². The van der Waals surface area contributed by atoms with Gasteiger partial charge in [-0.05, 0) is 42.7 Å². The van der Waals surface area contributed by atoms with Gasteiger partial charge < -0.3 is 0 Å². The second-order valence-electron chi connectivity index (χ2n) is 5.02. The predicted molar refractivity (Wildman–Crippen MR) is 74.3 cm³/mol. The van der Waals surface area contributed by atoms with Gasteiger partial charge in [0.25, 0.3) is 0 Å². The fourth-order valence-electron chi connectivity index (χ4n) is 3.00. The van der Waals surface area contributed by atoms with Crippen LogP contribution in [0.2, 0.25) is 0 Å². The predicted octanol–water partition coefficient (Wildman–Crippen LogP) is 5.05. The molecule has 16 heavy (non-hydrogen) atoms. The monoisotopic (exact) mass is 280 g/mol. The summed E-state index contributed by atoms with van der Waals surface area (Å²) in [6.45, 7) is 2.24. The Labute approximate surface area is 108 Å². The summed E-state index contributed by atoms with van der Waals surface area (Å²) in [5.74, 6) is 1.62. The van der Waals surface area contributed by atoms with Crippen LogP contribution >= 0.6 is 15.9 Å². The lowest BCUT2D eigenvalue weighted by Crippen LogP contribution is -2.18. The van der Waals surface area contributed by atoms with Gasteiger partial charge in [-0.1, -0.05) is 59.5 Å². The van der Waals surface area contributed by atoms with Crippen molar-refractivity contribution in [2.75, 3.05) is 5.33 Å². The Morgan fingerprint density at radius 2 is 1.88 bits per heavy atom. The fraction of sp³-hybridized carbons (Fsp3) is 0.600. The quantitative estimate of drug-likeness (QED) is 0.680. The molecule has 0 aromatic heterocycles. The van der Waals surface area contributed by atoms with E-state index in [-0.39, 0.29) is 0 Å². The molecule has 0 saturated heterocycles. The van der Waals surface area contributed by atoms with Crippen LogP contribution in [0.4, 0.5) is 0 Å². The highest BCUT2D eigenvalue weighted by atomic mass is 79.9. The molecule has 0 bridgehead atoms. The molecule has 1 fully saturated rings. The smallest absolute Gasteiger partial charge is 0.0103 e. The Hall–Kier alpha value is -0.300. The lowest BCUT2D eigenvalue weighted by atomic mass is 9.77. The second-order valence-corrected chi connectivity index (χ2v) is 5.66. The summed E-state index contributed by atoms with van der Waals surface area (Å²) < 4.78 is 0. The Morgan fingerprint density at radius 1 is 1.19 bits per heavy atom. The molecular weight excluding hydrogens is 260 g/mol. The van der Waals surface area contributed by atoms with Gasteiger partial charge in [0.2, 0.25) is 0 Å². The van der Waals surface area contributed by atoms with Crippen molar-refractivity contribution in [3.05, 3.63) is 35.4 Å². The maximum Gasteiger partial charge on any atom is 0.0103 e. The van der Waals surface area contributed by atoms with Gasteiger partial charge in [0.15, 0.2) is 0 Å². The first-order valence-corrected chi connectivity index (χ1v) is 7.56. The number of benzene rings is 1. The zero-order chi connectivity index (χ0) is 11.4. The minimum Gasteiger partial charge on any atom is -0.0921 e. The Balaban J connectivity index is 2.18. The van der Waals surface area contributed by atoms with E-state index in [9.17, 15) is 0 Å². The van der Waals surface area contributed by atoms with Crippen molar-refractivity contribution in [3.63, 3.8) is 0 Å². The first-order chi connectivity index (χ1) is 7.83. The number of rotatable bonds is 3. The SMILES string of the molecule is Cc1ccccc1C(CBr)C1CCCCC1. The van der Waals surface area contributed by atoms with Gasteiger partial charge in [-0.3, -0.25) is 0 Å². The van der Waals surface area contributed by atoms with Gasteiger partial charge in [0.05, 0.1) is 0 Å². The van der Waals surface area contributed by atoms with E-state index < -0.39 is 0 Å². The van der Waals surface area contributed by atoms with Gasteiger partial charge in [-0.15, -0.1) is 0 Å². The molecule has 0 radical (unpaired) electrons. The van der Waals surface area contributed by atoms with Crippen LogP contribution in [-0.2, 0) is 0 Å². The third kappa shape index (κ3) is 2.68. The second kappa shape index (κ2) is 5.86. The number of aryl methyl sites for hydroxylation is 1. The van der Waals surface area contributed by atoms with Crippen molar-refractivity contribution in [2.45, 2.75) is 44.9 Å². The summed E-state index contributed by atoms with van der Waals surface area (Å²) >= 11 is 3.72. The molecule has 0 nitrogen and oxygen atoms in total. The molecular formula is C15H21Br. The summed E-state index contributed by atoms with van der Waals surface area (Å²) in [5.41, 5.74) is 3.02. The molecule has 1 heteroatoms. The third-order valence-electron chi connectivity index (χ3n) is 3.97. The van der Waals surface area contributed by atoms with Crippen LogP contribution in [0.15, 0.2) is 24.3 Å². The number of hydrogen-bond donors (Lipinski definition) is 0. The highest BCUT2D eigenvalue weighted by molar-refractivity contribution is 9.09. The highest BCUT2D eigenvalue weighted by Crippen LogP contribution is 2.38. The molecule has 1 aliphatic rings. The lowest BCUT2D eigenvalue weighted by molar-refractivity contribution is 0.319. The fourth-order valence-corrected chi connectivity index (χ4v) is 3.88. The molecule has 1 atom stereocenters. The van der Waals surface area contributed by atoms with Crippen molar-refractivity contribution in [3.8, 4) is 0 Å². The maximum absolute atomic E-state index is 3.72. The molecule has 0 heterocycles. The topological polar surface area (TPSA) is 0 Å². The van der Waals surface area contributed by atoms with Crippen LogP contribution in [0.1, 0.15) is 49.1 Å². The van der Waals surface area contributed by atoms with Crippen molar-refractivity contribution in [2.24, 2.45) is 5.92 Å². The molecule has 1 aliphatic carbocycles. The van der Waals surface area contributed by atoms with Gasteiger partial charge in [0.1, 0.15) is 0 Å². The van der Waals surface area contributed by atoms with Crippen LogP contribution in [0.25, 0.3) is 0 Å². The standard InChI is InChI=1S/C15H21Br/c1-12-7-5-6-10-14(12)15(11-16)13-8-3-2-4-9-13/h5-7,10,13,15H,2-4,8-9,11H2,1H3. The Bertz CT molecular complexity index is 326. The van der Waals surface area contributed by atoms with E-state index in [1.807, 2.05) is 0 Å². The zero-order valence-electron chi connectivity index (χ0n) is 10.1. The average Bonchev–Trinajstić information content (AvgIpc) is 2.34. The number of hydrogen-bond acceptors (Lipinski definition) is 0. The molecule has 0 amide bonds. The summed E-state index contributed by atoms with van der Waals surface area (Å²) in [5, 5.41) is 1.11. The van der Waals surface area contributed by atoms with E-state index >= 15 is 0 Å². The molecule has 1 unspecified atom stereocenters. The van der Waals surface area contributed by atoms with E-state index in [0.717, 1.165) is 17.2 Å². The average molecular weight is 281 g/mol. The van der Waals surface area contributed by atoms with Crippen LogP contribution < -0.4 is 0 Å². The van der Waals surface area contributed by atoms with Crippen molar-refractivity contribution < 1.29 is 0 Å². The maximum atomic E-state index is 3.72. The summed E-state index contributed by atoms with van der Waals surface area (Å²) in [6, 6.07) is 8.88. The zero-order valence-corrected chi connectivity index (χ0v) is 11.7. The number of halogens is 1. The molecule has 0 aliphatic heterocycles. The van der Waals surface area contributed by atoms with E-state index in [1.54, 1.807) is 5.56 Å². The molecule has 1 aromatic rings. The van der Waals surface area contributed by atoms with Crippen molar-refractivity contribution in [1.29, 1.82) is 0 Å². The minimum atomic E-state index is 0.724. The van der Waals surface area contributed by atoms with E-state index in [0.29, 0.717) is 0 Å². The molecule has 88 valence electrons. The molecule has 1 aromatic carbocycles. The third-order valence-corrected chi connectivity index (χ3v) is 4.67. The molecule has 0 N–H and O–H groups in total.